The summed E-state index contributed by atoms with van der Waals surface area (Å²) in [5, 5.41) is 0. The maximum absolute atomic E-state index is 13.2. The summed E-state index contributed by atoms with van der Waals surface area (Å²) in [5.41, 5.74) is 2.54. The van der Waals surface area contributed by atoms with E-state index < -0.39 is 0 Å². The number of benzene rings is 2. The zero-order valence-corrected chi connectivity index (χ0v) is 19.7. The van der Waals surface area contributed by atoms with Gasteiger partial charge in [-0.15, -0.1) is 0 Å². The van der Waals surface area contributed by atoms with E-state index in [-0.39, 0.29) is 5.92 Å². The van der Waals surface area contributed by atoms with Gasteiger partial charge in [0.2, 0.25) is 5.91 Å². The second-order valence-corrected chi connectivity index (χ2v) is 9.56. The molecule has 0 saturated carbocycles. The molecule has 1 amide bonds. The van der Waals surface area contributed by atoms with Gasteiger partial charge in [-0.25, -0.2) is 0 Å². The minimum absolute atomic E-state index is 0.144. The number of piperidine rings is 1. The zero-order chi connectivity index (χ0) is 21.5. The summed E-state index contributed by atoms with van der Waals surface area (Å²) in [4.78, 5) is 20.1. The lowest BCUT2D eigenvalue weighted by Crippen LogP contribution is -2.52. The minimum atomic E-state index is 0.144. The largest absolute Gasteiger partial charge is 0.340 e. The minimum Gasteiger partial charge on any atom is -0.340 e. The van der Waals surface area contributed by atoms with E-state index in [4.69, 9.17) is 0 Å². The normalized spacial score (nSPS) is 20.9. The first-order chi connectivity index (χ1) is 15.2. The van der Waals surface area contributed by atoms with E-state index in [1.807, 2.05) is 6.07 Å². The van der Waals surface area contributed by atoms with E-state index in [1.165, 1.54) is 11.1 Å². The highest BCUT2D eigenvalue weighted by Crippen LogP contribution is 2.22. The second-order valence-electron chi connectivity index (χ2n) is 8.64. The quantitative estimate of drug-likeness (QED) is 0.606. The summed E-state index contributed by atoms with van der Waals surface area (Å²) in [6, 6.07) is 18.9. The van der Waals surface area contributed by atoms with Crippen LogP contribution in [0.25, 0.3) is 6.08 Å². The molecule has 0 radical (unpaired) electrons. The smallest absolute Gasteiger partial charge is 0.227 e. The van der Waals surface area contributed by atoms with Crippen LogP contribution in [0.3, 0.4) is 0 Å². The van der Waals surface area contributed by atoms with Crippen LogP contribution < -0.4 is 0 Å². The predicted molar refractivity (Wildman–Crippen MR) is 131 cm³/mol. The first-order valence-corrected chi connectivity index (χ1v) is 12.2. The number of carbonyl (C=O) groups excluding carboxylic acids is 1. The Morgan fingerprint density at radius 1 is 0.968 bits per heavy atom. The van der Waals surface area contributed by atoms with Crippen LogP contribution in [-0.4, -0.2) is 66.4 Å². The molecule has 1 atom stereocenters. The van der Waals surface area contributed by atoms with Crippen molar-refractivity contribution in [3.63, 3.8) is 0 Å². The maximum Gasteiger partial charge on any atom is 0.227 e. The Balaban J connectivity index is 1.23. The van der Waals surface area contributed by atoms with Crippen molar-refractivity contribution in [3.05, 3.63) is 76.3 Å². The number of likely N-dealkylation sites (tertiary alicyclic amines) is 1. The highest BCUT2D eigenvalue weighted by atomic mass is 79.9. The first-order valence-electron chi connectivity index (χ1n) is 11.4. The molecule has 31 heavy (non-hydrogen) atoms. The lowest BCUT2D eigenvalue weighted by molar-refractivity contribution is -0.139. The van der Waals surface area contributed by atoms with Gasteiger partial charge in [0.1, 0.15) is 0 Å². The molecule has 2 heterocycles. The van der Waals surface area contributed by atoms with Crippen LogP contribution >= 0.6 is 15.9 Å². The lowest BCUT2D eigenvalue weighted by atomic mass is 9.95. The fourth-order valence-electron chi connectivity index (χ4n) is 4.61. The predicted octanol–water partition coefficient (Wildman–Crippen LogP) is 4.52. The molecule has 2 aliphatic heterocycles. The summed E-state index contributed by atoms with van der Waals surface area (Å²) < 4.78 is 1.12. The van der Waals surface area contributed by atoms with E-state index >= 15 is 0 Å². The van der Waals surface area contributed by atoms with Crippen molar-refractivity contribution in [2.24, 2.45) is 5.92 Å². The Kier molecular flexibility index (Phi) is 7.95. The summed E-state index contributed by atoms with van der Waals surface area (Å²) in [6.07, 6.45) is 6.54. The summed E-state index contributed by atoms with van der Waals surface area (Å²) in [6.45, 7) is 7.44. The standard InChI is InChI=1S/C26H32BrN3O/c27-25-12-4-9-23(19-25)20-29-14-6-11-24(21-29)26(31)30-17-15-28(16-18-30)13-5-10-22-7-2-1-3-8-22/h1-5,7-10,12,19,24H,6,11,13-18,20-21H2/b10-5+. The van der Waals surface area contributed by atoms with Gasteiger partial charge in [0.15, 0.2) is 0 Å². The molecule has 164 valence electrons. The lowest BCUT2D eigenvalue weighted by Gasteiger charge is -2.38. The third-order valence-corrected chi connectivity index (χ3v) is 6.80. The molecule has 2 aliphatic rings. The Bertz CT molecular complexity index is 877. The van der Waals surface area contributed by atoms with E-state index in [2.05, 4.69) is 91.3 Å². The fourth-order valence-corrected chi connectivity index (χ4v) is 5.05. The number of hydrogen-bond donors (Lipinski definition) is 0. The number of carbonyl (C=O) groups is 1. The number of hydrogen-bond acceptors (Lipinski definition) is 3. The third kappa shape index (κ3) is 6.52. The molecule has 2 aromatic carbocycles. The molecule has 2 fully saturated rings. The monoisotopic (exact) mass is 481 g/mol. The van der Waals surface area contributed by atoms with Crippen molar-refractivity contribution in [2.45, 2.75) is 19.4 Å². The molecular formula is C26H32BrN3O. The van der Waals surface area contributed by atoms with Crippen molar-refractivity contribution in [3.8, 4) is 0 Å². The van der Waals surface area contributed by atoms with Crippen molar-refractivity contribution < 1.29 is 4.79 Å². The molecule has 0 aliphatic carbocycles. The SMILES string of the molecule is O=C(C1CCCN(Cc2cccc(Br)c2)C1)N1CCN(C/C=C/c2ccccc2)CC1. The highest BCUT2D eigenvalue weighted by molar-refractivity contribution is 9.10. The van der Waals surface area contributed by atoms with E-state index in [0.717, 1.165) is 69.7 Å². The number of amides is 1. The van der Waals surface area contributed by atoms with E-state index in [0.29, 0.717) is 5.91 Å². The highest BCUT2D eigenvalue weighted by Gasteiger charge is 2.30. The van der Waals surface area contributed by atoms with Crippen LogP contribution in [0.4, 0.5) is 0 Å². The van der Waals surface area contributed by atoms with Gasteiger partial charge in [-0.2, -0.15) is 0 Å². The van der Waals surface area contributed by atoms with Crippen LogP contribution in [-0.2, 0) is 11.3 Å². The summed E-state index contributed by atoms with van der Waals surface area (Å²) in [7, 11) is 0. The number of halogens is 1. The Morgan fingerprint density at radius 3 is 2.55 bits per heavy atom. The van der Waals surface area contributed by atoms with Crippen molar-refractivity contribution in [1.82, 2.24) is 14.7 Å². The topological polar surface area (TPSA) is 26.8 Å². The van der Waals surface area contributed by atoms with Gasteiger partial charge >= 0.3 is 0 Å². The molecule has 1 unspecified atom stereocenters. The molecule has 0 N–H and O–H groups in total. The van der Waals surface area contributed by atoms with Gasteiger partial charge in [0, 0.05) is 50.3 Å². The van der Waals surface area contributed by atoms with Crippen molar-refractivity contribution in [2.75, 3.05) is 45.8 Å². The summed E-state index contributed by atoms with van der Waals surface area (Å²) in [5.74, 6) is 0.504. The van der Waals surface area contributed by atoms with Crippen LogP contribution in [0.5, 0.6) is 0 Å². The molecule has 0 bridgehead atoms. The van der Waals surface area contributed by atoms with Gasteiger partial charge in [0.05, 0.1) is 5.92 Å². The molecule has 4 nitrogen and oxygen atoms in total. The Labute approximate surface area is 194 Å². The van der Waals surface area contributed by atoms with Crippen LogP contribution in [0.15, 0.2) is 65.1 Å². The number of piperazine rings is 1. The van der Waals surface area contributed by atoms with Gasteiger partial charge in [-0.1, -0.05) is 70.5 Å². The molecule has 0 spiro atoms. The first kappa shape index (κ1) is 22.3. The van der Waals surface area contributed by atoms with Gasteiger partial charge in [-0.05, 0) is 42.6 Å². The second kappa shape index (κ2) is 11.1. The number of nitrogens with zero attached hydrogens (tertiary/aromatic N) is 3. The zero-order valence-electron chi connectivity index (χ0n) is 18.1. The van der Waals surface area contributed by atoms with Crippen molar-refractivity contribution >= 4 is 27.9 Å². The van der Waals surface area contributed by atoms with Crippen LogP contribution in [0.1, 0.15) is 24.0 Å². The fraction of sp³-hybridized carbons (Fsp3) is 0.423. The van der Waals surface area contributed by atoms with Gasteiger partial charge < -0.3 is 4.90 Å². The molecule has 0 aromatic heterocycles. The molecular weight excluding hydrogens is 450 g/mol. The Hall–Kier alpha value is -1.95. The third-order valence-electron chi connectivity index (χ3n) is 6.31. The molecule has 2 aromatic rings. The Morgan fingerprint density at radius 2 is 1.77 bits per heavy atom. The average Bonchev–Trinajstić information content (AvgIpc) is 2.80. The van der Waals surface area contributed by atoms with Gasteiger partial charge in [-0.3, -0.25) is 14.6 Å². The number of rotatable bonds is 6. The van der Waals surface area contributed by atoms with Crippen LogP contribution in [0.2, 0.25) is 0 Å². The van der Waals surface area contributed by atoms with Crippen molar-refractivity contribution in [1.29, 1.82) is 0 Å². The maximum atomic E-state index is 13.2. The summed E-state index contributed by atoms with van der Waals surface area (Å²) >= 11 is 3.56. The van der Waals surface area contributed by atoms with E-state index in [1.54, 1.807) is 0 Å². The molecule has 4 rings (SSSR count). The van der Waals surface area contributed by atoms with Gasteiger partial charge in [0.25, 0.3) is 0 Å². The molecule has 5 heteroatoms. The van der Waals surface area contributed by atoms with E-state index in [9.17, 15) is 4.79 Å². The average molecular weight is 482 g/mol. The van der Waals surface area contributed by atoms with Crippen LogP contribution in [0, 0.1) is 5.92 Å². The molecule has 2 saturated heterocycles.